The molecular weight excluding hydrogens is 184 g/mol. The lowest BCUT2D eigenvalue weighted by Gasteiger charge is -2.14. The normalized spacial score (nSPS) is 12.2. The fourth-order valence-electron chi connectivity index (χ4n) is 1.62. The zero-order chi connectivity index (χ0) is 11.3. The fourth-order valence-corrected chi connectivity index (χ4v) is 1.62. The van der Waals surface area contributed by atoms with Gasteiger partial charge in [-0.25, -0.2) is 0 Å². The summed E-state index contributed by atoms with van der Waals surface area (Å²) in [6, 6.07) is 6.20. The molecule has 0 saturated heterocycles. The number of benzene rings is 1. The van der Waals surface area contributed by atoms with Gasteiger partial charge in [0.05, 0.1) is 6.61 Å². The molecule has 0 heterocycles. The molecule has 0 fully saturated rings. The highest BCUT2D eigenvalue weighted by molar-refractivity contribution is 5.40. The number of ether oxygens (including phenoxy) is 1. The SMILES string of the molecule is [CH2]C(C=C)c1cc(OCC)ccc1CC. The van der Waals surface area contributed by atoms with Crippen molar-refractivity contribution in [3.05, 3.63) is 48.9 Å². The van der Waals surface area contributed by atoms with Crippen LogP contribution in [0.15, 0.2) is 30.9 Å². The predicted molar refractivity (Wildman–Crippen MR) is 65.3 cm³/mol. The summed E-state index contributed by atoms with van der Waals surface area (Å²) in [5, 5.41) is 0. The number of aryl methyl sites for hydroxylation is 1. The molecule has 1 nitrogen and oxygen atoms in total. The molecule has 1 unspecified atom stereocenters. The summed E-state index contributed by atoms with van der Waals surface area (Å²) in [5.41, 5.74) is 2.54. The van der Waals surface area contributed by atoms with Crippen molar-refractivity contribution in [3.8, 4) is 5.75 Å². The van der Waals surface area contributed by atoms with Gasteiger partial charge in [0.2, 0.25) is 0 Å². The van der Waals surface area contributed by atoms with Gasteiger partial charge in [-0.05, 0) is 43.5 Å². The van der Waals surface area contributed by atoms with Crippen molar-refractivity contribution < 1.29 is 4.74 Å². The molecular formula is C14H19O. The fraction of sp³-hybridized carbons (Fsp3) is 0.357. The van der Waals surface area contributed by atoms with Gasteiger partial charge in [-0.3, -0.25) is 0 Å². The third-order valence-electron chi connectivity index (χ3n) is 2.49. The van der Waals surface area contributed by atoms with Crippen molar-refractivity contribution in [3.63, 3.8) is 0 Å². The quantitative estimate of drug-likeness (QED) is 0.662. The van der Waals surface area contributed by atoms with E-state index in [2.05, 4.69) is 32.6 Å². The molecule has 1 atom stereocenters. The summed E-state index contributed by atoms with van der Waals surface area (Å²) >= 11 is 0. The topological polar surface area (TPSA) is 9.23 Å². The second kappa shape index (κ2) is 5.59. The molecule has 0 aromatic heterocycles. The summed E-state index contributed by atoms with van der Waals surface area (Å²) in [7, 11) is 0. The van der Waals surface area contributed by atoms with Gasteiger partial charge in [0.1, 0.15) is 5.75 Å². The maximum absolute atomic E-state index is 5.48. The lowest BCUT2D eigenvalue weighted by atomic mass is 9.94. The third-order valence-corrected chi connectivity index (χ3v) is 2.49. The summed E-state index contributed by atoms with van der Waals surface area (Å²) < 4.78 is 5.48. The molecule has 0 aliphatic carbocycles. The van der Waals surface area contributed by atoms with Crippen LogP contribution in [-0.2, 0) is 6.42 Å². The van der Waals surface area contributed by atoms with Gasteiger partial charge in [-0.1, -0.05) is 19.1 Å². The Morgan fingerprint density at radius 1 is 1.40 bits per heavy atom. The van der Waals surface area contributed by atoms with Gasteiger partial charge < -0.3 is 4.74 Å². The van der Waals surface area contributed by atoms with E-state index in [1.807, 2.05) is 19.1 Å². The van der Waals surface area contributed by atoms with Crippen LogP contribution in [0.4, 0.5) is 0 Å². The molecule has 0 amide bonds. The first-order valence-electron chi connectivity index (χ1n) is 5.44. The minimum Gasteiger partial charge on any atom is -0.494 e. The molecule has 0 spiro atoms. The van der Waals surface area contributed by atoms with E-state index in [0.29, 0.717) is 6.61 Å². The Bertz CT molecular complexity index is 328. The van der Waals surface area contributed by atoms with Crippen LogP contribution in [-0.4, -0.2) is 6.61 Å². The minimum absolute atomic E-state index is 0.139. The van der Waals surface area contributed by atoms with Gasteiger partial charge in [0, 0.05) is 5.92 Å². The maximum Gasteiger partial charge on any atom is 0.119 e. The predicted octanol–water partition coefficient (Wildman–Crippen LogP) is 3.75. The Balaban J connectivity index is 3.06. The molecule has 0 bridgehead atoms. The van der Waals surface area contributed by atoms with Crippen LogP contribution in [0.5, 0.6) is 5.75 Å². The molecule has 0 aliphatic rings. The largest absolute Gasteiger partial charge is 0.494 e. The van der Waals surface area contributed by atoms with Gasteiger partial charge in [-0.15, -0.1) is 6.58 Å². The molecule has 1 radical (unpaired) electrons. The van der Waals surface area contributed by atoms with Gasteiger partial charge in [0.15, 0.2) is 0 Å². The molecule has 81 valence electrons. The van der Waals surface area contributed by atoms with E-state index < -0.39 is 0 Å². The van der Waals surface area contributed by atoms with E-state index in [9.17, 15) is 0 Å². The zero-order valence-electron chi connectivity index (χ0n) is 9.62. The van der Waals surface area contributed by atoms with Crippen molar-refractivity contribution in [2.45, 2.75) is 26.2 Å². The molecule has 1 heteroatoms. The van der Waals surface area contributed by atoms with Crippen LogP contribution in [0.25, 0.3) is 0 Å². The van der Waals surface area contributed by atoms with Crippen LogP contribution >= 0.6 is 0 Å². The van der Waals surface area contributed by atoms with Gasteiger partial charge in [-0.2, -0.15) is 0 Å². The van der Waals surface area contributed by atoms with Gasteiger partial charge >= 0.3 is 0 Å². The van der Waals surface area contributed by atoms with Crippen LogP contribution in [0.2, 0.25) is 0 Å². The van der Waals surface area contributed by atoms with Crippen molar-refractivity contribution in [1.29, 1.82) is 0 Å². The summed E-state index contributed by atoms with van der Waals surface area (Å²) in [6.07, 6.45) is 2.88. The third kappa shape index (κ3) is 2.85. The van der Waals surface area contributed by atoms with E-state index in [1.54, 1.807) is 0 Å². The molecule has 1 aromatic rings. The van der Waals surface area contributed by atoms with Crippen LogP contribution < -0.4 is 4.74 Å². The van der Waals surface area contributed by atoms with E-state index in [0.717, 1.165) is 12.2 Å². The molecule has 0 saturated carbocycles. The maximum atomic E-state index is 5.48. The smallest absolute Gasteiger partial charge is 0.119 e. The van der Waals surface area contributed by atoms with E-state index in [1.165, 1.54) is 11.1 Å². The second-order valence-corrected chi connectivity index (χ2v) is 3.49. The molecule has 15 heavy (non-hydrogen) atoms. The zero-order valence-corrected chi connectivity index (χ0v) is 9.62. The average molecular weight is 203 g/mol. The van der Waals surface area contributed by atoms with Crippen molar-refractivity contribution >= 4 is 0 Å². The lowest BCUT2D eigenvalue weighted by molar-refractivity contribution is 0.340. The number of hydrogen-bond donors (Lipinski definition) is 0. The highest BCUT2D eigenvalue weighted by Gasteiger charge is 2.08. The van der Waals surface area contributed by atoms with E-state index >= 15 is 0 Å². The Hall–Kier alpha value is -1.24. The number of allylic oxidation sites excluding steroid dienone is 1. The lowest BCUT2D eigenvalue weighted by Crippen LogP contribution is -1.99. The first-order valence-corrected chi connectivity index (χ1v) is 5.44. The van der Waals surface area contributed by atoms with E-state index in [-0.39, 0.29) is 5.92 Å². The Kier molecular flexibility index (Phi) is 4.41. The molecule has 1 rings (SSSR count). The number of rotatable bonds is 5. The van der Waals surface area contributed by atoms with Crippen molar-refractivity contribution in [2.75, 3.05) is 6.61 Å². The summed E-state index contributed by atoms with van der Waals surface area (Å²) in [6.45, 7) is 12.7. The minimum atomic E-state index is 0.139. The molecule has 1 aromatic carbocycles. The molecule has 0 N–H and O–H groups in total. The Labute approximate surface area is 92.8 Å². The van der Waals surface area contributed by atoms with E-state index in [4.69, 9.17) is 4.74 Å². The summed E-state index contributed by atoms with van der Waals surface area (Å²) in [5.74, 6) is 1.06. The Morgan fingerprint density at radius 3 is 2.67 bits per heavy atom. The van der Waals surface area contributed by atoms with Gasteiger partial charge in [0.25, 0.3) is 0 Å². The highest BCUT2D eigenvalue weighted by Crippen LogP contribution is 2.25. The molecule has 0 aliphatic heterocycles. The second-order valence-electron chi connectivity index (χ2n) is 3.49. The van der Waals surface area contributed by atoms with Crippen LogP contribution in [0, 0.1) is 6.92 Å². The monoisotopic (exact) mass is 203 g/mol. The summed E-state index contributed by atoms with van der Waals surface area (Å²) in [4.78, 5) is 0. The van der Waals surface area contributed by atoms with Crippen LogP contribution in [0.3, 0.4) is 0 Å². The Morgan fingerprint density at radius 2 is 2.13 bits per heavy atom. The van der Waals surface area contributed by atoms with Crippen LogP contribution in [0.1, 0.15) is 30.9 Å². The number of hydrogen-bond acceptors (Lipinski definition) is 1. The standard InChI is InChI=1S/C14H19O/c1-5-11(4)14-10-13(15-7-3)9-8-12(14)6-2/h5,8-11H,1,4,6-7H2,2-3H3. The first kappa shape index (κ1) is 11.8. The highest BCUT2D eigenvalue weighted by atomic mass is 16.5. The van der Waals surface area contributed by atoms with Crippen molar-refractivity contribution in [1.82, 2.24) is 0 Å². The average Bonchev–Trinajstić information content (AvgIpc) is 2.28. The van der Waals surface area contributed by atoms with Crippen molar-refractivity contribution in [2.24, 2.45) is 0 Å². The first-order chi connectivity index (χ1) is 7.22.